The quantitative estimate of drug-likeness (QED) is 0.813. The third kappa shape index (κ3) is 5.22. The van der Waals surface area contributed by atoms with E-state index in [0.29, 0.717) is 10.7 Å². The van der Waals surface area contributed by atoms with Crippen molar-refractivity contribution >= 4 is 33.2 Å². The van der Waals surface area contributed by atoms with Gasteiger partial charge in [-0.3, -0.25) is 9.10 Å². The SMILES string of the molecule is Cc1ccc([C@H](C)NC(=O)CN(c2ccc(C)c(Cl)c2)S(C)(=O)=O)cc1. The fourth-order valence-electron chi connectivity index (χ4n) is 2.49. The second-order valence-electron chi connectivity index (χ2n) is 6.40. The first-order valence-electron chi connectivity index (χ1n) is 8.17. The molecule has 0 bridgehead atoms. The summed E-state index contributed by atoms with van der Waals surface area (Å²) in [5, 5.41) is 3.28. The van der Waals surface area contributed by atoms with Gasteiger partial charge in [0, 0.05) is 5.02 Å². The van der Waals surface area contributed by atoms with E-state index in [0.717, 1.165) is 27.3 Å². The molecule has 0 radical (unpaired) electrons. The third-order valence-corrected chi connectivity index (χ3v) is 5.63. The predicted molar refractivity (Wildman–Crippen MR) is 106 cm³/mol. The van der Waals surface area contributed by atoms with Crippen LogP contribution in [-0.4, -0.2) is 27.1 Å². The number of nitrogens with one attached hydrogen (secondary N) is 1. The molecule has 7 heteroatoms. The highest BCUT2D eigenvalue weighted by atomic mass is 35.5. The number of hydrogen-bond acceptors (Lipinski definition) is 3. The van der Waals surface area contributed by atoms with Crippen LogP contribution < -0.4 is 9.62 Å². The van der Waals surface area contributed by atoms with E-state index in [1.165, 1.54) is 0 Å². The molecule has 0 heterocycles. The fourth-order valence-corrected chi connectivity index (χ4v) is 3.52. The summed E-state index contributed by atoms with van der Waals surface area (Å²) in [7, 11) is -3.63. The monoisotopic (exact) mass is 394 g/mol. The number of sulfonamides is 1. The number of rotatable bonds is 6. The zero-order valence-corrected chi connectivity index (χ0v) is 16.9. The molecule has 0 spiro atoms. The van der Waals surface area contributed by atoms with Crippen molar-refractivity contribution < 1.29 is 13.2 Å². The van der Waals surface area contributed by atoms with Crippen LogP contribution in [0.4, 0.5) is 5.69 Å². The minimum Gasteiger partial charge on any atom is -0.348 e. The predicted octanol–water partition coefficient (Wildman–Crippen LogP) is 3.60. The van der Waals surface area contributed by atoms with Crippen molar-refractivity contribution in [3.63, 3.8) is 0 Å². The Hall–Kier alpha value is -2.05. The molecule has 0 aliphatic heterocycles. The molecule has 0 saturated heterocycles. The van der Waals surface area contributed by atoms with Gasteiger partial charge in [-0.1, -0.05) is 47.5 Å². The standard InChI is InChI=1S/C19H23ClN2O3S/c1-13-5-8-16(9-6-13)15(3)21-19(23)12-22(26(4,24)25)17-10-7-14(2)18(20)11-17/h5-11,15H,12H2,1-4H3,(H,21,23)/t15-/m0/s1. The average Bonchev–Trinajstić information content (AvgIpc) is 2.55. The zero-order valence-electron chi connectivity index (χ0n) is 15.3. The Labute approximate surface area is 160 Å². The van der Waals surface area contributed by atoms with Crippen LogP contribution in [0, 0.1) is 13.8 Å². The van der Waals surface area contributed by atoms with Crippen molar-refractivity contribution in [1.29, 1.82) is 0 Å². The molecule has 0 aliphatic rings. The molecule has 1 amide bonds. The van der Waals surface area contributed by atoms with Crippen LogP contribution in [0.2, 0.25) is 5.02 Å². The topological polar surface area (TPSA) is 66.5 Å². The highest BCUT2D eigenvalue weighted by molar-refractivity contribution is 7.92. The first kappa shape index (κ1) is 20.3. The Morgan fingerprint density at radius 3 is 2.31 bits per heavy atom. The van der Waals surface area contributed by atoms with E-state index >= 15 is 0 Å². The number of anilines is 1. The number of hydrogen-bond donors (Lipinski definition) is 1. The summed E-state index contributed by atoms with van der Waals surface area (Å²) in [5.41, 5.74) is 3.28. The van der Waals surface area contributed by atoms with Gasteiger partial charge in [0.05, 0.1) is 18.0 Å². The summed E-state index contributed by atoms with van der Waals surface area (Å²) < 4.78 is 25.4. The molecule has 2 aromatic rings. The van der Waals surface area contributed by atoms with E-state index in [1.807, 2.05) is 45.0 Å². The molecular formula is C19H23ClN2O3S. The summed E-state index contributed by atoms with van der Waals surface area (Å²) in [6.45, 7) is 5.36. The number of carbonyl (C=O) groups excluding carboxylic acids is 1. The summed E-state index contributed by atoms with van der Waals surface area (Å²) in [5.74, 6) is -0.389. The Morgan fingerprint density at radius 2 is 1.77 bits per heavy atom. The van der Waals surface area contributed by atoms with Crippen LogP contribution in [0.5, 0.6) is 0 Å². The fraction of sp³-hybridized carbons (Fsp3) is 0.316. The minimum absolute atomic E-state index is 0.230. The first-order chi connectivity index (χ1) is 12.1. The second kappa shape index (κ2) is 8.10. The van der Waals surface area contributed by atoms with Crippen LogP contribution in [0.15, 0.2) is 42.5 Å². The molecule has 0 saturated carbocycles. The van der Waals surface area contributed by atoms with Crippen molar-refractivity contribution in [2.75, 3.05) is 17.1 Å². The Bertz CT molecular complexity index is 896. The van der Waals surface area contributed by atoms with Gasteiger partial charge in [-0.2, -0.15) is 0 Å². The number of benzene rings is 2. The van der Waals surface area contributed by atoms with Gasteiger partial charge in [-0.15, -0.1) is 0 Å². The molecule has 140 valence electrons. The van der Waals surface area contributed by atoms with Gasteiger partial charge in [-0.05, 0) is 44.0 Å². The van der Waals surface area contributed by atoms with E-state index < -0.39 is 10.0 Å². The molecule has 5 nitrogen and oxygen atoms in total. The molecule has 0 aromatic heterocycles. The van der Waals surface area contributed by atoms with Gasteiger partial charge >= 0.3 is 0 Å². The number of nitrogens with zero attached hydrogens (tertiary/aromatic N) is 1. The molecule has 0 fully saturated rings. The van der Waals surface area contributed by atoms with E-state index in [4.69, 9.17) is 11.6 Å². The van der Waals surface area contributed by atoms with Crippen LogP contribution >= 0.6 is 11.6 Å². The van der Waals surface area contributed by atoms with Gasteiger partial charge in [0.2, 0.25) is 15.9 Å². The van der Waals surface area contributed by atoms with Crippen molar-refractivity contribution in [1.82, 2.24) is 5.32 Å². The number of aryl methyl sites for hydroxylation is 2. The molecule has 1 N–H and O–H groups in total. The van der Waals surface area contributed by atoms with Gasteiger partial charge in [0.15, 0.2) is 0 Å². The van der Waals surface area contributed by atoms with Gasteiger partial charge < -0.3 is 5.32 Å². The van der Waals surface area contributed by atoms with Gasteiger partial charge in [0.1, 0.15) is 6.54 Å². The first-order valence-corrected chi connectivity index (χ1v) is 10.4. The van der Waals surface area contributed by atoms with Crippen molar-refractivity contribution in [2.24, 2.45) is 0 Å². The number of carbonyl (C=O) groups is 1. The molecule has 26 heavy (non-hydrogen) atoms. The van der Waals surface area contributed by atoms with Gasteiger partial charge in [-0.25, -0.2) is 8.42 Å². The minimum atomic E-state index is -3.63. The largest absolute Gasteiger partial charge is 0.348 e. The zero-order chi connectivity index (χ0) is 19.5. The normalized spacial score (nSPS) is 12.5. The summed E-state index contributed by atoms with van der Waals surface area (Å²) in [4.78, 5) is 12.4. The van der Waals surface area contributed by atoms with E-state index in [-0.39, 0.29) is 18.5 Å². The molecule has 0 aliphatic carbocycles. The van der Waals surface area contributed by atoms with Crippen molar-refractivity contribution in [3.05, 3.63) is 64.2 Å². The Kier molecular flexibility index (Phi) is 6.31. The maximum absolute atomic E-state index is 12.4. The molecule has 2 rings (SSSR count). The number of amides is 1. The van der Waals surface area contributed by atoms with Crippen LogP contribution in [0.3, 0.4) is 0 Å². The lowest BCUT2D eigenvalue weighted by atomic mass is 10.1. The van der Waals surface area contributed by atoms with Crippen molar-refractivity contribution in [3.8, 4) is 0 Å². The molecular weight excluding hydrogens is 372 g/mol. The van der Waals surface area contributed by atoms with E-state index in [9.17, 15) is 13.2 Å². The van der Waals surface area contributed by atoms with E-state index in [2.05, 4.69) is 5.32 Å². The Morgan fingerprint density at radius 1 is 1.15 bits per heavy atom. The highest BCUT2D eigenvalue weighted by Crippen LogP contribution is 2.25. The van der Waals surface area contributed by atoms with Gasteiger partial charge in [0.25, 0.3) is 0 Å². The number of halogens is 1. The lowest BCUT2D eigenvalue weighted by molar-refractivity contribution is -0.120. The molecule has 1 atom stereocenters. The maximum atomic E-state index is 12.4. The highest BCUT2D eigenvalue weighted by Gasteiger charge is 2.22. The van der Waals surface area contributed by atoms with Crippen LogP contribution in [0.25, 0.3) is 0 Å². The Balaban J connectivity index is 2.16. The van der Waals surface area contributed by atoms with Crippen LogP contribution in [0.1, 0.15) is 29.7 Å². The maximum Gasteiger partial charge on any atom is 0.241 e. The third-order valence-electron chi connectivity index (χ3n) is 4.09. The average molecular weight is 395 g/mol. The second-order valence-corrected chi connectivity index (χ2v) is 8.72. The summed E-state index contributed by atoms with van der Waals surface area (Å²) >= 11 is 6.10. The molecule has 0 unspecified atom stereocenters. The summed E-state index contributed by atoms with van der Waals surface area (Å²) in [6.07, 6.45) is 1.07. The smallest absolute Gasteiger partial charge is 0.241 e. The lowest BCUT2D eigenvalue weighted by Gasteiger charge is -2.23. The molecule has 2 aromatic carbocycles. The summed E-state index contributed by atoms with van der Waals surface area (Å²) in [6, 6.07) is 12.5. The van der Waals surface area contributed by atoms with Crippen molar-refractivity contribution in [2.45, 2.75) is 26.8 Å². The van der Waals surface area contributed by atoms with Crippen LogP contribution in [-0.2, 0) is 14.8 Å². The lowest BCUT2D eigenvalue weighted by Crippen LogP contribution is -2.41. The van der Waals surface area contributed by atoms with E-state index in [1.54, 1.807) is 18.2 Å².